The Morgan fingerprint density at radius 3 is 2.43 bits per heavy atom. The molecule has 4 saturated carbocycles. The van der Waals surface area contributed by atoms with Crippen LogP contribution in [-0.2, 0) is 14.3 Å². The van der Waals surface area contributed by atoms with E-state index < -0.39 is 12.3 Å². The summed E-state index contributed by atoms with van der Waals surface area (Å²) in [6.45, 7) is 5.37. The summed E-state index contributed by atoms with van der Waals surface area (Å²) in [5.41, 5.74) is -1.73. The van der Waals surface area contributed by atoms with Crippen molar-refractivity contribution in [1.29, 1.82) is 0 Å². The molecule has 0 aromatic heterocycles. The lowest BCUT2D eigenvalue weighted by molar-refractivity contribution is -0.206. The number of hydrogen-bond donors (Lipinski definition) is 1. The maximum Gasteiger partial charge on any atom is 0.302 e. The number of hydrogen-bond acceptors (Lipinski definition) is 4. The Bertz CT molecular complexity index is 665. The minimum Gasteiger partial charge on any atom is -0.463 e. The summed E-state index contributed by atoms with van der Waals surface area (Å²) in [5.74, 6) is 0.0872. The fourth-order valence-electron chi connectivity index (χ4n) is 8.08. The van der Waals surface area contributed by atoms with Gasteiger partial charge in [0.1, 0.15) is 18.4 Å². The summed E-state index contributed by atoms with van der Waals surface area (Å²) in [5, 5.41) is 9.41. The number of carbonyl (C=O) groups excluding carboxylic acids is 2. The zero-order valence-corrected chi connectivity index (χ0v) is 17.5. The van der Waals surface area contributed by atoms with Gasteiger partial charge in [-0.05, 0) is 81.0 Å². The van der Waals surface area contributed by atoms with Gasteiger partial charge in [0.05, 0.1) is 0 Å². The molecule has 0 bridgehead atoms. The highest BCUT2D eigenvalue weighted by Gasteiger charge is 2.68. The molecule has 0 aromatic rings. The van der Waals surface area contributed by atoms with E-state index in [0.29, 0.717) is 6.42 Å². The van der Waals surface area contributed by atoms with Crippen molar-refractivity contribution in [1.82, 2.24) is 0 Å². The summed E-state index contributed by atoms with van der Waals surface area (Å²) >= 11 is 0. The van der Waals surface area contributed by atoms with Gasteiger partial charge in [-0.15, -0.1) is 0 Å². The largest absolute Gasteiger partial charge is 0.463 e. The second-order valence-corrected chi connectivity index (χ2v) is 10.5. The number of esters is 1. The molecule has 28 heavy (non-hydrogen) atoms. The molecule has 4 fully saturated rings. The molecule has 4 rings (SSSR count). The highest BCUT2D eigenvalue weighted by Crippen LogP contribution is 2.70. The predicted octanol–water partition coefficient (Wildman–Crippen LogP) is 4.23. The molecule has 4 nitrogen and oxygen atoms in total. The van der Waals surface area contributed by atoms with Crippen molar-refractivity contribution in [3.8, 4) is 0 Å². The van der Waals surface area contributed by atoms with Crippen LogP contribution in [0.4, 0.5) is 4.39 Å². The second-order valence-electron chi connectivity index (χ2n) is 10.5. The standard InChI is InChI=1S/C23H35FO4/c1-14(26)28-16-8-9-22(3)15(12-16)4-5-18-17-6-7-19(20(27)13-25)21(17,2)10-11-23(18,22)24/h15-19,25H,4-13H2,1-3H3/t15-,16-,17+,18+,19-,21+,22+,23-/m1/s1. The van der Waals surface area contributed by atoms with Crippen LogP contribution in [0, 0.1) is 34.5 Å². The highest BCUT2D eigenvalue weighted by atomic mass is 19.1. The van der Waals surface area contributed by atoms with Crippen molar-refractivity contribution in [3.05, 3.63) is 0 Å². The molecular weight excluding hydrogens is 359 g/mol. The Kier molecular flexibility index (Phi) is 4.92. The monoisotopic (exact) mass is 394 g/mol. The maximum absolute atomic E-state index is 16.9. The van der Waals surface area contributed by atoms with Crippen LogP contribution in [0.2, 0.25) is 0 Å². The molecule has 0 spiro atoms. The third-order valence-electron chi connectivity index (χ3n) is 9.60. The van der Waals surface area contributed by atoms with Gasteiger partial charge >= 0.3 is 5.97 Å². The Morgan fingerprint density at radius 1 is 1.04 bits per heavy atom. The fourth-order valence-corrected chi connectivity index (χ4v) is 8.08. The average molecular weight is 395 g/mol. The molecule has 0 heterocycles. The molecule has 0 aromatic carbocycles. The highest BCUT2D eigenvalue weighted by molar-refractivity contribution is 5.83. The average Bonchev–Trinajstić information content (AvgIpc) is 2.99. The number of fused-ring (bicyclic) bond motifs is 5. The second kappa shape index (κ2) is 6.78. The van der Waals surface area contributed by atoms with Crippen molar-refractivity contribution in [3.63, 3.8) is 0 Å². The van der Waals surface area contributed by atoms with E-state index >= 15 is 4.39 Å². The van der Waals surface area contributed by atoms with Gasteiger partial charge in [-0.1, -0.05) is 13.8 Å². The number of rotatable bonds is 3. The number of aliphatic hydroxyl groups excluding tert-OH is 1. The van der Waals surface area contributed by atoms with Crippen molar-refractivity contribution in [2.75, 3.05) is 6.61 Å². The number of alkyl halides is 1. The van der Waals surface area contributed by atoms with E-state index in [2.05, 4.69) is 13.8 Å². The molecule has 158 valence electrons. The molecule has 5 heteroatoms. The fraction of sp³-hybridized carbons (Fsp3) is 0.913. The molecule has 1 N–H and O–H groups in total. The number of ketones is 1. The van der Waals surface area contributed by atoms with E-state index in [1.807, 2.05) is 0 Å². The van der Waals surface area contributed by atoms with Crippen molar-refractivity contribution in [2.24, 2.45) is 34.5 Å². The Hall–Kier alpha value is -0.970. The molecule has 8 atom stereocenters. The lowest BCUT2D eigenvalue weighted by Crippen LogP contribution is -2.63. The van der Waals surface area contributed by atoms with Crippen molar-refractivity contribution >= 4 is 11.8 Å². The molecule has 0 amide bonds. The van der Waals surface area contributed by atoms with Crippen LogP contribution in [0.3, 0.4) is 0 Å². The van der Waals surface area contributed by atoms with Crippen LogP contribution in [0.5, 0.6) is 0 Å². The van der Waals surface area contributed by atoms with Gasteiger partial charge in [-0.25, -0.2) is 4.39 Å². The quantitative estimate of drug-likeness (QED) is 0.728. The van der Waals surface area contributed by atoms with Gasteiger partial charge in [0.25, 0.3) is 0 Å². The van der Waals surface area contributed by atoms with E-state index in [0.717, 1.165) is 51.4 Å². The molecule has 0 unspecified atom stereocenters. The van der Waals surface area contributed by atoms with Gasteiger partial charge in [0, 0.05) is 18.3 Å². The van der Waals surface area contributed by atoms with Gasteiger partial charge in [-0.3, -0.25) is 9.59 Å². The number of aliphatic hydroxyl groups is 1. The minimum absolute atomic E-state index is 0.00858. The minimum atomic E-state index is -1.20. The third-order valence-corrected chi connectivity index (χ3v) is 9.60. The molecule has 0 aliphatic heterocycles. The first-order valence-electron chi connectivity index (χ1n) is 11.2. The van der Waals surface area contributed by atoms with Crippen LogP contribution >= 0.6 is 0 Å². The van der Waals surface area contributed by atoms with Gasteiger partial charge in [0.15, 0.2) is 5.78 Å². The zero-order valence-electron chi connectivity index (χ0n) is 17.5. The summed E-state index contributed by atoms with van der Waals surface area (Å²) in [7, 11) is 0. The number of ether oxygens (including phenoxy) is 1. The summed E-state index contributed by atoms with van der Waals surface area (Å²) in [4.78, 5) is 23.7. The van der Waals surface area contributed by atoms with Crippen molar-refractivity contribution < 1.29 is 23.8 Å². The molecular formula is C23H35FO4. The van der Waals surface area contributed by atoms with E-state index in [1.165, 1.54) is 6.92 Å². The Labute approximate surface area is 167 Å². The van der Waals surface area contributed by atoms with Gasteiger partial charge in [0.2, 0.25) is 0 Å². The van der Waals surface area contributed by atoms with Crippen molar-refractivity contribution in [2.45, 2.75) is 90.3 Å². The molecule has 0 radical (unpaired) electrons. The Morgan fingerprint density at radius 2 is 1.75 bits per heavy atom. The van der Waals surface area contributed by atoms with Crippen LogP contribution < -0.4 is 0 Å². The number of halogens is 1. The number of Topliss-reactive ketones (excluding diaryl/α,β-unsaturated/α-hetero) is 1. The Balaban J connectivity index is 1.59. The van der Waals surface area contributed by atoms with Gasteiger partial charge in [-0.2, -0.15) is 0 Å². The predicted molar refractivity (Wildman–Crippen MR) is 103 cm³/mol. The van der Waals surface area contributed by atoms with E-state index in [-0.39, 0.29) is 52.4 Å². The lowest BCUT2D eigenvalue weighted by Gasteiger charge is -2.64. The van der Waals surface area contributed by atoms with Crippen LogP contribution in [0.25, 0.3) is 0 Å². The first-order valence-corrected chi connectivity index (χ1v) is 11.2. The first-order chi connectivity index (χ1) is 13.2. The zero-order chi connectivity index (χ0) is 20.3. The first kappa shape index (κ1) is 20.3. The van der Waals surface area contributed by atoms with Gasteiger partial charge < -0.3 is 9.84 Å². The maximum atomic E-state index is 16.9. The van der Waals surface area contributed by atoms with Crippen LogP contribution in [0.15, 0.2) is 0 Å². The lowest BCUT2D eigenvalue weighted by atomic mass is 9.43. The van der Waals surface area contributed by atoms with E-state index in [9.17, 15) is 14.7 Å². The van der Waals surface area contributed by atoms with Crippen LogP contribution in [-0.4, -0.2) is 35.2 Å². The molecule has 4 aliphatic carbocycles. The van der Waals surface area contributed by atoms with Crippen LogP contribution in [0.1, 0.15) is 78.6 Å². The topological polar surface area (TPSA) is 63.6 Å². The molecule has 0 saturated heterocycles. The molecule has 4 aliphatic rings. The number of carbonyl (C=O) groups is 2. The summed E-state index contributed by atoms with van der Waals surface area (Å²) in [6, 6.07) is 0. The SMILES string of the molecule is CC(=O)O[C@@H]1CC[C@@]2(C)[C@H](CC[C@H]3[C@@H]4CC[C@H](C(=O)CO)[C@@]4(C)CC[C@@]32F)C1. The summed E-state index contributed by atoms with van der Waals surface area (Å²) in [6.07, 6.45) is 7.03. The normalized spacial score (nSPS) is 50.2. The smallest absolute Gasteiger partial charge is 0.302 e. The van der Waals surface area contributed by atoms with E-state index in [4.69, 9.17) is 4.74 Å². The third kappa shape index (κ3) is 2.71. The summed E-state index contributed by atoms with van der Waals surface area (Å²) < 4.78 is 22.4. The van der Waals surface area contributed by atoms with E-state index in [1.54, 1.807) is 0 Å².